The Kier molecular flexibility index (Phi) is 2.99. The second-order valence-electron chi connectivity index (χ2n) is 2.79. The van der Waals surface area contributed by atoms with Gasteiger partial charge in [-0.2, -0.15) is 0 Å². The first-order valence-corrected chi connectivity index (χ1v) is 5.47. The van der Waals surface area contributed by atoms with Crippen LogP contribution >= 0.6 is 22.9 Å². The number of nitrogens with zero attached hydrogens (tertiary/aromatic N) is 1. The molecule has 2 heterocycles. The van der Waals surface area contributed by atoms with Crippen LogP contribution in [0.3, 0.4) is 0 Å². The first-order valence-electron chi connectivity index (χ1n) is 4.22. The minimum atomic E-state index is -0.167. The fraction of sp³-hybridized carbons (Fsp3) is 0. The Bertz CT molecular complexity index is 470. The predicted molar refractivity (Wildman–Crippen MR) is 61.5 cm³/mol. The van der Waals surface area contributed by atoms with E-state index in [-0.39, 0.29) is 5.91 Å². The van der Waals surface area contributed by atoms with Crippen LogP contribution in [-0.4, -0.2) is 10.9 Å². The Morgan fingerprint density at radius 2 is 2.33 bits per heavy atom. The van der Waals surface area contributed by atoms with Gasteiger partial charge in [-0.15, -0.1) is 11.3 Å². The third-order valence-corrected chi connectivity index (χ3v) is 2.96. The van der Waals surface area contributed by atoms with Crippen molar-refractivity contribution in [3.8, 4) is 0 Å². The molecule has 1 amide bonds. The van der Waals surface area contributed by atoms with Gasteiger partial charge < -0.3 is 5.32 Å². The molecule has 0 radical (unpaired) electrons. The maximum atomic E-state index is 11.6. The van der Waals surface area contributed by atoms with Crippen molar-refractivity contribution in [3.05, 3.63) is 45.9 Å². The molecule has 5 heteroatoms. The van der Waals surface area contributed by atoms with Crippen LogP contribution in [0.15, 0.2) is 36.0 Å². The van der Waals surface area contributed by atoms with Crippen LogP contribution in [0.4, 0.5) is 5.69 Å². The molecule has 0 aliphatic carbocycles. The van der Waals surface area contributed by atoms with Gasteiger partial charge in [0, 0.05) is 6.20 Å². The van der Waals surface area contributed by atoms with Gasteiger partial charge in [0.2, 0.25) is 0 Å². The van der Waals surface area contributed by atoms with Crippen molar-refractivity contribution >= 4 is 34.5 Å². The van der Waals surface area contributed by atoms with Gasteiger partial charge in [0.1, 0.15) is 0 Å². The fourth-order valence-electron chi connectivity index (χ4n) is 1.06. The quantitative estimate of drug-likeness (QED) is 0.874. The Labute approximate surface area is 95.7 Å². The van der Waals surface area contributed by atoms with E-state index in [0.717, 1.165) is 0 Å². The minimum Gasteiger partial charge on any atom is -0.319 e. The summed E-state index contributed by atoms with van der Waals surface area (Å²) in [5.74, 6) is -0.167. The minimum absolute atomic E-state index is 0.167. The van der Waals surface area contributed by atoms with Crippen molar-refractivity contribution in [1.29, 1.82) is 0 Å². The number of thiophene rings is 1. The number of aromatic nitrogens is 1. The molecule has 0 aliphatic rings. The number of pyridine rings is 1. The van der Waals surface area contributed by atoms with Crippen molar-refractivity contribution < 1.29 is 4.79 Å². The van der Waals surface area contributed by atoms with E-state index in [1.54, 1.807) is 18.3 Å². The number of rotatable bonds is 2. The second kappa shape index (κ2) is 4.42. The topological polar surface area (TPSA) is 42.0 Å². The van der Waals surface area contributed by atoms with E-state index in [4.69, 9.17) is 11.6 Å². The maximum absolute atomic E-state index is 11.6. The van der Waals surface area contributed by atoms with Crippen LogP contribution in [0.1, 0.15) is 9.67 Å². The van der Waals surface area contributed by atoms with E-state index in [0.29, 0.717) is 15.6 Å². The van der Waals surface area contributed by atoms with E-state index in [1.807, 2.05) is 11.4 Å². The lowest BCUT2D eigenvalue weighted by molar-refractivity contribution is 0.103. The zero-order valence-corrected chi connectivity index (χ0v) is 9.18. The van der Waals surface area contributed by atoms with Gasteiger partial charge in [-0.3, -0.25) is 9.78 Å². The largest absolute Gasteiger partial charge is 0.319 e. The summed E-state index contributed by atoms with van der Waals surface area (Å²) in [5, 5.41) is 5.02. The molecule has 0 aromatic carbocycles. The molecule has 0 bridgehead atoms. The zero-order valence-electron chi connectivity index (χ0n) is 7.61. The molecule has 0 spiro atoms. The first kappa shape index (κ1) is 10.1. The second-order valence-corrected chi connectivity index (χ2v) is 4.14. The van der Waals surface area contributed by atoms with Crippen molar-refractivity contribution in [2.45, 2.75) is 0 Å². The van der Waals surface area contributed by atoms with Gasteiger partial charge >= 0.3 is 0 Å². The highest BCUT2D eigenvalue weighted by atomic mass is 35.5. The van der Waals surface area contributed by atoms with Crippen LogP contribution in [0.25, 0.3) is 0 Å². The van der Waals surface area contributed by atoms with Gasteiger partial charge in [0.15, 0.2) is 0 Å². The Morgan fingerprint density at radius 3 is 3.00 bits per heavy atom. The Hall–Kier alpha value is -1.39. The molecule has 0 unspecified atom stereocenters. The summed E-state index contributed by atoms with van der Waals surface area (Å²) in [4.78, 5) is 16.2. The molecule has 2 rings (SSSR count). The Morgan fingerprint density at radius 1 is 1.47 bits per heavy atom. The Balaban J connectivity index is 2.17. The van der Waals surface area contributed by atoms with Gasteiger partial charge in [-0.05, 0) is 17.5 Å². The number of hydrogen-bond acceptors (Lipinski definition) is 3. The lowest BCUT2D eigenvalue weighted by atomic mass is 10.4. The summed E-state index contributed by atoms with van der Waals surface area (Å²) in [6.07, 6.45) is 3.09. The van der Waals surface area contributed by atoms with Crippen LogP contribution < -0.4 is 5.32 Å². The predicted octanol–water partition coefficient (Wildman–Crippen LogP) is 3.05. The molecular weight excluding hydrogens is 232 g/mol. The lowest BCUT2D eigenvalue weighted by Crippen LogP contribution is -2.10. The number of amides is 1. The van der Waals surface area contributed by atoms with Gasteiger partial charge in [0.05, 0.1) is 21.8 Å². The fourth-order valence-corrected chi connectivity index (χ4v) is 1.83. The molecule has 0 saturated heterocycles. The zero-order chi connectivity index (χ0) is 10.7. The van der Waals surface area contributed by atoms with E-state index < -0.39 is 0 Å². The molecule has 0 aliphatic heterocycles. The molecule has 0 atom stereocenters. The van der Waals surface area contributed by atoms with Crippen molar-refractivity contribution in [1.82, 2.24) is 4.98 Å². The summed E-state index contributed by atoms with van der Waals surface area (Å²) >= 11 is 7.26. The highest BCUT2D eigenvalue weighted by Crippen LogP contribution is 2.20. The number of carbonyl (C=O) groups is 1. The van der Waals surface area contributed by atoms with Crippen LogP contribution in [-0.2, 0) is 0 Å². The van der Waals surface area contributed by atoms with Crippen LogP contribution in [0, 0.1) is 0 Å². The maximum Gasteiger partial charge on any atom is 0.265 e. The highest BCUT2D eigenvalue weighted by Gasteiger charge is 2.08. The molecule has 15 heavy (non-hydrogen) atoms. The average Bonchev–Trinajstić information content (AvgIpc) is 2.74. The van der Waals surface area contributed by atoms with Crippen molar-refractivity contribution in [2.24, 2.45) is 0 Å². The highest BCUT2D eigenvalue weighted by molar-refractivity contribution is 7.12. The SMILES string of the molecule is O=C(Nc1cnccc1Cl)c1cccs1. The molecule has 1 N–H and O–H groups in total. The monoisotopic (exact) mass is 238 g/mol. The number of hydrogen-bond donors (Lipinski definition) is 1. The van der Waals surface area contributed by atoms with Gasteiger partial charge in [0.25, 0.3) is 5.91 Å². The van der Waals surface area contributed by atoms with E-state index >= 15 is 0 Å². The smallest absolute Gasteiger partial charge is 0.265 e. The van der Waals surface area contributed by atoms with E-state index in [1.165, 1.54) is 17.5 Å². The number of nitrogens with one attached hydrogen (secondary N) is 1. The first-order chi connectivity index (χ1) is 7.27. The number of carbonyl (C=O) groups excluding carboxylic acids is 1. The number of anilines is 1. The lowest BCUT2D eigenvalue weighted by Gasteiger charge is -2.04. The number of halogens is 1. The third-order valence-electron chi connectivity index (χ3n) is 1.76. The molecule has 0 fully saturated rings. The molecular formula is C10H7ClN2OS. The molecule has 0 saturated carbocycles. The summed E-state index contributed by atoms with van der Waals surface area (Å²) in [6.45, 7) is 0. The summed E-state index contributed by atoms with van der Waals surface area (Å²) < 4.78 is 0. The molecule has 2 aromatic rings. The van der Waals surface area contributed by atoms with E-state index in [2.05, 4.69) is 10.3 Å². The van der Waals surface area contributed by atoms with Crippen LogP contribution in [0.2, 0.25) is 5.02 Å². The van der Waals surface area contributed by atoms with Crippen LogP contribution in [0.5, 0.6) is 0 Å². The summed E-state index contributed by atoms with van der Waals surface area (Å²) in [7, 11) is 0. The van der Waals surface area contributed by atoms with Gasteiger partial charge in [-0.1, -0.05) is 17.7 Å². The van der Waals surface area contributed by atoms with E-state index in [9.17, 15) is 4.79 Å². The standard InChI is InChI=1S/C10H7ClN2OS/c11-7-3-4-12-6-8(7)13-10(14)9-2-1-5-15-9/h1-6H,(H,13,14). The summed E-state index contributed by atoms with van der Waals surface area (Å²) in [6, 6.07) is 5.21. The normalized spacial score (nSPS) is 9.93. The summed E-state index contributed by atoms with van der Waals surface area (Å²) in [5.41, 5.74) is 0.526. The third kappa shape index (κ3) is 2.34. The van der Waals surface area contributed by atoms with Crippen molar-refractivity contribution in [3.63, 3.8) is 0 Å². The molecule has 76 valence electrons. The molecule has 3 nitrogen and oxygen atoms in total. The average molecular weight is 239 g/mol. The molecule has 2 aromatic heterocycles. The van der Waals surface area contributed by atoms with Crippen molar-refractivity contribution in [2.75, 3.05) is 5.32 Å². The van der Waals surface area contributed by atoms with Gasteiger partial charge in [-0.25, -0.2) is 0 Å².